The van der Waals surface area contributed by atoms with Gasteiger partial charge in [0.1, 0.15) is 15.5 Å². The maximum absolute atomic E-state index is 13.1. The molecule has 0 fully saturated rings. The van der Waals surface area contributed by atoms with Crippen LogP contribution in [-0.4, -0.2) is 33.3 Å². The zero-order valence-electron chi connectivity index (χ0n) is 13.8. The Balaban J connectivity index is 2.72. The Morgan fingerprint density at radius 3 is 2.07 bits per heavy atom. The van der Waals surface area contributed by atoms with Crippen molar-refractivity contribution in [3.63, 3.8) is 0 Å². The number of aromatic hydroxyl groups is 2. The average molecular weight is 524 g/mol. The number of hydrogen-bond acceptors (Lipinski definition) is 6. The minimum absolute atomic E-state index is 0.166. The first kappa shape index (κ1) is 22.8. The van der Waals surface area contributed by atoms with Gasteiger partial charge in [-0.1, -0.05) is 27.5 Å². The number of hydrogen-bond donors (Lipinski definition) is 2. The summed E-state index contributed by atoms with van der Waals surface area (Å²) in [7, 11) is -8.83. The van der Waals surface area contributed by atoms with Crippen LogP contribution in [0, 0.1) is 0 Å². The fourth-order valence-corrected chi connectivity index (χ4v) is 5.62. The van der Waals surface area contributed by atoms with Crippen LogP contribution in [0.5, 0.6) is 11.5 Å². The normalized spacial score (nSPS) is 12.9. The first-order chi connectivity index (χ1) is 12.5. The zero-order chi connectivity index (χ0) is 21.7. The number of phenols is 2. The molecule has 2 N–H and O–H groups in total. The second-order valence-electron chi connectivity index (χ2n) is 5.75. The lowest BCUT2D eigenvalue weighted by molar-refractivity contribution is -0.137. The van der Waals surface area contributed by atoms with Crippen LogP contribution in [0.3, 0.4) is 0 Å². The van der Waals surface area contributed by atoms with Crippen LogP contribution in [0.25, 0.3) is 0 Å². The van der Waals surface area contributed by atoms with E-state index in [9.17, 15) is 40.2 Å². The fourth-order valence-electron chi connectivity index (χ4n) is 2.28. The Kier molecular flexibility index (Phi) is 6.02. The molecule has 2 rings (SSSR count). The molecule has 0 bridgehead atoms. The van der Waals surface area contributed by atoms with E-state index < -0.39 is 64.0 Å². The third kappa shape index (κ3) is 4.73. The van der Waals surface area contributed by atoms with Gasteiger partial charge in [-0.15, -0.1) is 0 Å². The summed E-state index contributed by atoms with van der Waals surface area (Å²) in [6.07, 6.45) is -4.42. The maximum atomic E-state index is 13.1. The molecule has 2 aromatic rings. The van der Waals surface area contributed by atoms with Gasteiger partial charge in [0.15, 0.2) is 25.4 Å². The Hall–Kier alpha value is -1.50. The monoisotopic (exact) mass is 522 g/mol. The molecule has 0 aliphatic heterocycles. The topological polar surface area (TPSA) is 109 Å². The van der Waals surface area contributed by atoms with Crippen molar-refractivity contribution in [1.82, 2.24) is 0 Å². The van der Waals surface area contributed by atoms with Gasteiger partial charge in [0, 0.05) is 16.3 Å². The van der Waals surface area contributed by atoms with E-state index in [0.717, 1.165) is 6.07 Å². The van der Waals surface area contributed by atoms with Crippen molar-refractivity contribution in [3.8, 4) is 11.5 Å². The summed E-state index contributed by atoms with van der Waals surface area (Å²) < 4.78 is 88.2. The number of sulfone groups is 2. The van der Waals surface area contributed by atoms with E-state index in [0.29, 0.717) is 12.3 Å². The van der Waals surface area contributed by atoms with Gasteiger partial charge in [-0.3, -0.25) is 0 Å². The molecule has 6 nitrogen and oxygen atoms in total. The number of benzene rings is 2. The lowest BCUT2D eigenvalue weighted by Gasteiger charge is -2.15. The summed E-state index contributed by atoms with van der Waals surface area (Å²) in [6.45, 7) is 0. The van der Waals surface area contributed by atoms with Gasteiger partial charge in [0.2, 0.25) is 0 Å². The molecule has 0 aliphatic rings. The van der Waals surface area contributed by atoms with Crippen molar-refractivity contribution < 1.29 is 40.2 Å². The summed E-state index contributed by atoms with van der Waals surface area (Å²) in [6, 6.07) is 2.71. The molecule has 0 saturated heterocycles. The van der Waals surface area contributed by atoms with Crippen molar-refractivity contribution in [2.45, 2.75) is 21.7 Å². The third-order valence-electron chi connectivity index (χ3n) is 3.55. The highest BCUT2D eigenvalue weighted by Gasteiger charge is 2.35. The summed E-state index contributed by atoms with van der Waals surface area (Å²) in [5.41, 5.74) is -2.25. The first-order valence-corrected chi connectivity index (χ1v) is 11.8. The molecule has 0 unspecified atom stereocenters. The SMILES string of the molecule is CS(=O)(=O)c1cc(C(F)(F)F)cc(CS(=O)(=O)c2cc(Br)cc(Cl)c2O)c1O. The molecule has 0 spiro atoms. The van der Waals surface area contributed by atoms with Crippen LogP contribution in [0.2, 0.25) is 5.02 Å². The molecule has 0 saturated carbocycles. The van der Waals surface area contributed by atoms with Crippen molar-refractivity contribution in [1.29, 1.82) is 0 Å². The molecule has 2 aromatic carbocycles. The highest BCUT2D eigenvalue weighted by Crippen LogP contribution is 2.40. The van der Waals surface area contributed by atoms with Gasteiger partial charge in [0.05, 0.1) is 16.3 Å². The van der Waals surface area contributed by atoms with Crippen molar-refractivity contribution in [3.05, 3.63) is 44.9 Å². The van der Waals surface area contributed by atoms with Crippen LogP contribution >= 0.6 is 27.5 Å². The second kappa shape index (κ2) is 7.39. The van der Waals surface area contributed by atoms with Crippen LogP contribution in [0.1, 0.15) is 11.1 Å². The molecule has 0 aromatic heterocycles. The standard InChI is InChI=1S/C15H11BrClF3O6S2/c1-27(23,24)11-3-8(15(18,19)20)2-7(13(11)21)6-28(25,26)12-5-9(16)4-10(17)14(12)22/h2-5,21-22H,6H2,1H3. The van der Waals surface area contributed by atoms with Gasteiger partial charge < -0.3 is 10.2 Å². The lowest BCUT2D eigenvalue weighted by atomic mass is 10.1. The largest absolute Gasteiger partial charge is 0.506 e. The predicted molar refractivity (Wildman–Crippen MR) is 97.9 cm³/mol. The highest BCUT2D eigenvalue weighted by molar-refractivity contribution is 9.10. The maximum Gasteiger partial charge on any atom is 0.416 e. The van der Waals surface area contributed by atoms with E-state index in [1.54, 1.807) is 0 Å². The van der Waals surface area contributed by atoms with E-state index in [2.05, 4.69) is 15.9 Å². The molecular weight excluding hydrogens is 513 g/mol. The number of alkyl halides is 3. The van der Waals surface area contributed by atoms with E-state index >= 15 is 0 Å². The van der Waals surface area contributed by atoms with Gasteiger partial charge in [-0.2, -0.15) is 13.2 Å². The molecular formula is C15H11BrClF3O6S2. The Morgan fingerprint density at radius 1 is 1.00 bits per heavy atom. The van der Waals surface area contributed by atoms with Gasteiger partial charge in [0.25, 0.3) is 0 Å². The molecule has 28 heavy (non-hydrogen) atoms. The number of rotatable bonds is 4. The van der Waals surface area contributed by atoms with Crippen LogP contribution in [-0.2, 0) is 31.6 Å². The van der Waals surface area contributed by atoms with E-state index in [1.165, 1.54) is 6.07 Å². The molecule has 0 heterocycles. The average Bonchev–Trinajstić information content (AvgIpc) is 2.50. The molecule has 0 aliphatic carbocycles. The Morgan fingerprint density at radius 2 is 1.57 bits per heavy atom. The summed E-state index contributed by atoms with van der Waals surface area (Å²) in [4.78, 5) is -1.77. The van der Waals surface area contributed by atoms with E-state index in [1.807, 2.05) is 0 Å². The zero-order valence-corrected chi connectivity index (χ0v) is 17.7. The summed E-state index contributed by atoms with van der Waals surface area (Å²) in [5, 5.41) is 19.7. The van der Waals surface area contributed by atoms with Crippen LogP contribution in [0.4, 0.5) is 13.2 Å². The smallest absolute Gasteiger partial charge is 0.416 e. The minimum Gasteiger partial charge on any atom is -0.506 e. The van der Waals surface area contributed by atoms with Gasteiger partial charge >= 0.3 is 6.18 Å². The minimum atomic E-state index is -4.99. The van der Waals surface area contributed by atoms with E-state index in [-0.39, 0.29) is 15.6 Å². The lowest BCUT2D eigenvalue weighted by Crippen LogP contribution is -2.12. The molecule has 0 radical (unpaired) electrons. The van der Waals surface area contributed by atoms with E-state index in [4.69, 9.17) is 11.6 Å². The molecule has 154 valence electrons. The number of phenolic OH excluding ortho intramolecular Hbond substituents is 2. The second-order valence-corrected chi connectivity index (χ2v) is 11.0. The number of halogens is 5. The van der Waals surface area contributed by atoms with Gasteiger partial charge in [-0.25, -0.2) is 16.8 Å². The van der Waals surface area contributed by atoms with Gasteiger partial charge in [-0.05, 0) is 24.3 Å². The fraction of sp³-hybridized carbons (Fsp3) is 0.200. The van der Waals surface area contributed by atoms with Crippen molar-refractivity contribution >= 4 is 47.2 Å². The summed E-state index contributed by atoms with van der Waals surface area (Å²) >= 11 is 8.69. The Labute approximate surface area is 171 Å². The van der Waals surface area contributed by atoms with Crippen molar-refractivity contribution in [2.24, 2.45) is 0 Å². The Bertz CT molecular complexity index is 1160. The van der Waals surface area contributed by atoms with Crippen molar-refractivity contribution in [2.75, 3.05) is 6.26 Å². The third-order valence-corrected chi connectivity index (χ3v) is 7.08. The molecule has 0 atom stereocenters. The van der Waals surface area contributed by atoms with Crippen LogP contribution < -0.4 is 0 Å². The quantitative estimate of drug-likeness (QED) is 0.629. The molecule has 0 amide bonds. The summed E-state index contributed by atoms with van der Waals surface area (Å²) in [5.74, 6) is -3.18. The predicted octanol–water partition coefficient (Wildman–Crippen LogP) is 3.91. The molecule has 13 heteroatoms. The highest BCUT2D eigenvalue weighted by atomic mass is 79.9. The van der Waals surface area contributed by atoms with Crippen LogP contribution in [0.15, 0.2) is 38.5 Å². The first-order valence-electron chi connectivity index (χ1n) is 7.08.